The summed E-state index contributed by atoms with van der Waals surface area (Å²) in [6.45, 7) is 4.75. The predicted molar refractivity (Wildman–Crippen MR) is 122 cm³/mol. The number of rotatable bonds is 7. The maximum absolute atomic E-state index is 9.54. The largest absolute Gasteiger partial charge is 0.490 e. The SMILES string of the molecule is CC(C)Oc1ccc(-c2ccc(C3C=CC=C4C(NCCO)CCC43)s2)cc1C#N. The number of aliphatic hydroxyl groups is 1. The minimum Gasteiger partial charge on any atom is -0.490 e. The highest BCUT2D eigenvalue weighted by molar-refractivity contribution is 7.15. The third-order valence-corrected chi connectivity index (χ3v) is 7.08. The van der Waals surface area contributed by atoms with Crippen LogP contribution in [0.3, 0.4) is 0 Å². The number of hydrogen-bond acceptors (Lipinski definition) is 5. The second-order valence-electron chi connectivity index (χ2n) is 8.18. The fourth-order valence-corrected chi connectivity index (χ4v) is 5.70. The van der Waals surface area contributed by atoms with E-state index in [-0.39, 0.29) is 12.7 Å². The molecule has 2 aliphatic rings. The molecular weight excluding hydrogens is 392 g/mol. The van der Waals surface area contributed by atoms with E-state index >= 15 is 0 Å². The third kappa shape index (κ3) is 4.22. The summed E-state index contributed by atoms with van der Waals surface area (Å²) in [5.74, 6) is 1.56. The molecule has 0 saturated heterocycles. The van der Waals surface area contributed by atoms with Crippen molar-refractivity contribution in [2.45, 2.75) is 44.8 Å². The van der Waals surface area contributed by atoms with Crippen molar-refractivity contribution in [1.82, 2.24) is 5.32 Å². The fraction of sp³-hybridized carbons (Fsp3) is 0.400. The van der Waals surface area contributed by atoms with Gasteiger partial charge in [-0.3, -0.25) is 0 Å². The van der Waals surface area contributed by atoms with Gasteiger partial charge in [0.1, 0.15) is 11.8 Å². The molecule has 3 unspecified atom stereocenters. The second kappa shape index (κ2) is 9.18. The Balaban J connectivity index is 1.55. The van der Waals surface area contributed by atoms with Gasteiger partial charge in [-0.25, -0.2) is 0 Å². The molecule has 1 aromatic carbocycles. The number of thiophene rings is 1. The van der Waals surface area contributed by atoms with Gasteiger partial charge in [-0.15, -0.1) is 11.3 Å². The summed E-state index contributed by atoms with van der Waals surface area (Å²) in [5.41, 5.74) is 3.10. The number of hydrogen-bond donors (Lipinski definition) is 2. The number of nitrogens with one attached hydrogen (secondary N) is 1. The normalized spacial score (nSPS) is 22.6. The van der Waals surface area contributed by atoms with Crippen molar-refractivity contribution in [3.63, 3.8) is 0 Å². The van der Waals surface area contributed by atoms with Crippen LogP contribution in [-0.2, 0) is 0 Å². The summed E-state index contributed by atoms with van der Waals surface area (Å²) in [6.07, 6.45) is 9.08. The number of ether oxygens (including phenoxy) is 1. The number of aliphatic hydroxyl groups excluding tert-OH is 1. The van der Waals surface area contributed by atoms with E-state index in [0.717, 1.165) is 18.4 Å². The summed E-state index contributed by atoms with van der Waals surface area (Å²) in [6, 6.07) is 12.9. The molecule has 0 aliphatic heterocycles. The zero-order valence-electron chi connectivity index (χ0n) is 17.5. The van der Waals surface area contributed by atoms with E-state index in [1.807, 2.05) is 43.4 Å². The molecule has 0 spiro atoms. The first kappa shape index (κ1) is 20.9. The van der Waals surface area contributed by atoms with Crippen molar-refractivity contribution in [3.05, 3.63) is 64.6 Å². The molecule has 2 aromatic rings. The van der Waals surface area contributed by atoms with Gasteiger partial charge in [-0.2, -0.15) is 5.26 Å². The number of nitrogens with zero attached hydrogens (tertiary/aromatic N) is 1. The van der Waals surface area contributed by atoms with Gasteiger partial charge in [-0.05, 0) is 74.1 Å². The van der Waals surface area contributed by atoms with Gasteiger partial charge in [0.25, 0.3) is 0 Å². The Hall–Kier alpha value is -2.39. The standard InChI is InChI=1S/C25H28N2O2S/c1-16(2)29-23-9-6-17(14-18(23)15-26)24-10-11-25(30-24)21-5-3-4-20-19(21)7-8-22(20)27-12-13-28/h3-6,9-11,14,16,19,21-22,27-28H,7-8,12-13H2,1-2H3. The van der Waals surface area contributed by atoms with Gasteiger partial charge < -0.3 is 15.2 Å². The molecule has 1 fully saturated rings. The summed E-state index contributed by atoms with van der Waals surface area (Å²) >= 11 is 1.81. The lowest BCUT2D eigenvalue weighted by Crippen LogP contribution is -2.31. The first-order valence-corrected chi connectivity index (χ1v) is 11.5. The molecule has 30 heavy (non-hydrogen) atoms. The Morgan fingerprint density at radius 2 is 2.13 bits per heavy atom. The Morgan fingerprint density at radius 1 is 1.27 bits per heavy atom. The highest BCUT2D eigenvalue weighted by atomic mass is 32.1. The van der Waals surface area contributed by atoms with Crippen molar-refractivity contribution < 1.29 is 9.84 Å². The summed E-state index contributed by atoms with van der Waals surface area (Å²) in [7, 11) is 0. The van der Waals surface area contributed by atoms with Gasteiger partial charge in [0, 0.05) is 28.3 Å². The van der Waals surface area contributed by atoms with Crippen molar-refractivity contribution in [2.75, 3.05) is 13.2 Å². The van der Waals surface area contributed by atoms with E-state index in [1.54, 1.807) is 0 Å². The lowest BCUT2D eigenvalue weighted by Gasteiger charge is -2.26. The van der Waals surface area contributed by atoms with Crippen molar-refractivity contribution >= 4 is 11.3 Å². The lowest BCUT2D eigenvalue weighted by atomic mass is 9.82. The van der Waals surface area contributed by atoms with Crippen LogP contribution in [0.2, 0.25) is 0 Å². The fourth-order valence-electron chi connectivity index (χ4n) is 4.55. The van der Waals surface area contributed by atoms with Crippen LogP contribution in [0, 0.1) is 17.2 Å². The van der Waals surface area contributed by atoms with E-state index in [1.165, 1.54) is 15.3 Å². The van der Waals surface area contributed by atoms with Crippen LogP contribution in [0.15, 0.2) is 54.1 Å². The minimum absolute atomic E-state index is 0.0405. The second-order valence-corrected chi connectivity index (χ2v) is 9.30. The smallest absolute Gasteiger partial charge is 0.137 e. The number of allylic oxidation sites excluding steroid dienone is 3. The van der Waals surface area contributed by atoms with E-state index in [0.29, 0.717) is 35.7 Å². The maximum atomic E-state index is 9.54. The van der Waals surface area contributed by atoms with Crippen LogP contribution in [-0.4, -0.2) is 30.4 Å². The Kier molecular flexibility index (Phi) is 6.38. The molecule has 0 amide bonds. The van der Waals surface area contributed by atoms with Crippen LogP contribution in [0.5, 0.6) is 5.75 Å². The first-order valence-electron chi connectivity index (χ1n) is 10.6. The molecule has 156 valence electrons. The molecule has 1 heterocycles. The average Bonchev–Trinajstić information content (AvgIpc) is 3.39. The van der Waals surface area contributed by atoms with Gasteiger partial charge >= 0.3 is 0 Å². The molecule has 5 heteroatoms. The summed E-state index contributed by atoms with van der Waals surface area (Å²) in [4.78, 5) is 2.54. The zero-order valence-corrected chi connectivity index (χ0v) is 18.3. The molecule has 4 nitrogen and oxygen atoms in total. The topological polar surface area (TPSA) is 65.3 Å². The van der Waals surface area contributed by atoms with Gasteiger partial charge in [-0.1, -0.05) is 18.2 Å². The van der Waals surface area contributed by atoms with Crippen LogP contribution in [0.25, 0.3) is 10.4 Å². The van der Waals surface area contributed by atoms with Gasteiger partial charge in [0.2, 0.25) is 0 Å². The van der Waals surface area contributed by atoms with Crippen molar-refractivity contribution in [1.29, 1.82) is 5.26 Å². The van der Waals surface area contributed by atoms with E-state index in [4.69, 9.17) is 9.84 Å². The molecule has 0 radical (unpaired) electrons. The number of benzene rings is 1. The summed E-state index contributed by atoms with van der Waals surface area (Å²) < 4.78 is 5.76. The number of fused-ring (bicyclic) bond motifs is 1. The monoisotopic (exact) mass is 420 g/mol. The Morgan fingerprint density at radius 3 is 2.90 bits per heavy atom. The molecular formula is C25H28N2O2S. The number of nitriles is 1. The van der Waals surface area contributed by atoms with Crippen molar-refractivity contribution in [2.24, 2.45) is 5.92 Å². The molecule has 1 saturated carbocycles. The Labute approximate surface area is 182 Å². The highest BCUT2D eigenvalue weighted by Gasteiger charge is 2.36. The quantitative estimate of drug-likeness (QED) is 0.660. The lowest BCUT2D eigenvalue weighted by molar-refractivity contribution is 0.242. The van der Waals surface area contributed by atoms with Crippen LogP contribution >= 0.6 is 11.3 Å². The molecule has 1 aromatic heterocycles. The van der Waals surface area contributed by atoms with Crippen LogP contribution < -0.4 is 10.1 Å². The maximum Gasteiger partial charge on any atom is 0.137 e. The average molecular weight is 421 g/mol. The minimum atomic E-state index is 0.0405. The predicted octanol–water partition coefficient (Wildman–Crippen LogP) is 5.01. The first-order chi connectivity index (χ1) is 14.6. The van der Waals surface area contributed by atoms with Gasteiger partial charge in [0.15, 0.2) is 0 Å². The summed E-state index contributed by atoms with van der Waals surface area (Å²) in [5, 5.41) is 22.1. The highest BCUT2D eigenvalue weighted by Crippen LogP contribution is 2.47. The zero-order chi connectivity index (χ0) is 21.1. The molecule has 3 atom stereocenters. The van der Waals surface area contributed by atoms with E-state index in [9.17, 15) is 5.26 Å². The molecule has 2 aliphatic carbocycles. The molecule has 2 N–H and O–H groups in total. The van der Waals surface area contributed by atoms with Crippen molar-refractivity contribution in [3.8, 4) is 22.3 Å². The van der Waals surface area contributed by atoms with E-state index < -0.39 is 0 Å². The molecule has 4 rings (SSSR count). The van der Waals surface area contributed by atoms with Crippen LogP contribution in [0.4, 0.5) is 0 Å². The van der Waals surface area contributed by atoms with E-state index in [2.05, 4.69) is 41.7 Å². The third-order valence-electron chi connectivity index (χ3n) is 5.84. The van der Waals surface area contributed by atoms with Crippen LogP contribution in [0.1, 0.15) is 43.0 Å². The Bertz CT molecular complexity index is 999. The molecule has 0 bridgehead atoms. The van der Waals surface area contributed by atoms with Gasteiger partial charge in [0.05, 0.1) is 18.3 Å².